The maximum Gasteiger partial charge on any atom is 0.226 e. The van der Waals surface area contributed by atoms with E-state index in [1.165, 1.54) is 32.7 Å². The molecule has 4 heterocycles. The molecule has 3 saturated heterocycles. The van der Waals surface area contributed by atoms with Crippen molar-refractivity contribution in [2.45, 2.75) is 57.6 Å². The molecule has 3 aliphatic heterocycles. The fourth-order valence-corrected chi connectivity index (χ4v) is 5.44. The minimum absolute atomic E-state index is 0.0224. The number of pyridine rings is 1. The predicted octanol–water partition coefficient (Wildman–Crippen LogP) is 2.44. The molecule has 0 N–H and O–H groups in total. The van der Waals surface area contributed by atoms with Gasteiger partial charge in [-0.1, -0.05) is 13.8 Å². The van der Waals surface area contributed by atoms with Gasteiger partial charge in [-0.05, 0) is 49.3 Å². The van der Waals surface area contributed by atoms with Gasteiger partial charge in [-0.15, -0.1) is 0 Å². The summed E-state index contributed by atoms with van der Waals surface area (Å²) in [5, 5.41) is 0. The van der Waals surface area contributed by atoms with Crippen LogP contribution in [0.4, 0.5) is 0 Å². The fraction of sp³-hybridized carbons (Fsp3) is 0.750. The second-order valence-corrected chi connectivity index (χ2v) is 9.82. The average Bonchev–Trinajstić information content (AvgIpc) is 2.75. The van der Waals surface area contributed by atoms with Crippen molar-refractivity contribution >= 4 is 5.91 Å². The fourth-order valence-electron chi connectivity index (χ4n) is 5.44. The molecule has 1 atom stereocenters. The van der Waals surface area contributed by atoms with Gasteiger partial charge in [-0.25, -0.2) is 0 Å². The Labute approximate surface area is 181 Å². The van der Waals surface area contributed by atoms with Gasteiger partial charge in [-0.3, -0.25) is 14.7 Å². The lowest BCUT2D eigenvalue weighted by Gasteiger charge is -2.49. The zero-order valence-corrected chi connectivity index (χ0v) is 18.8. The highest BCUT2D eigenvalue weighted by atomic mass is 16.5. The molecule has 0 saturated carbocycles. The van der Waals surface area contributed by atoms with Crippen molar-refractivity contribution in [2.75, 3.05) is 52.4 Å². The number of piperidine rings is 1. The molecule has 0 aromatic carbocycles. The standard InChI is InChI=1S/C24H38N4O2/c1-20(2)19-26-12-14-27(15-13-26)22-5-16-30-24(18-22)6-10-28(11-7-24)23(29)17-21-3-8-25-9-4-21/h3-4,8-9,20,22H,5-7,10-19H2,1-2H3. The average molecular weight is 415 g/mol. The summed E-state index contributed by atoms with van der Waals surface area (Å²) < 4.78 is 6.36. The molecule has 6 heteroatoms. The van der Waals surface area contributed by atoms with Crippen LogP contribution >= 0.6 is 0 Å². The number of piperazine rings is 1. The number of carbonyl (C=O) groups excluding carboxylic acids is 1. The minimum Gasteiger partial charge on any atom is -0.375 e. The molecule has 1 amide bonds. The predicted molar refractivity (Wildman–Crippen MR) is 118 cm³/mol. The van der Waals surface area contributed by atoms with Crippen LogP contribution in [-0.2, 0) is 16.0 Å². The first-order valence-electron chi connectivity index (χ1n) is 11.8. The van der Waals surface area contributed by atoms with Gasteiger partial charge in [0.2, 0.25) is 5.91 Å². The van der Waals surface area contributed by atoms with Gasteiger partial charge in [0.1, 0.15) is 0 Å². The van der Waals surface area contributed by atoms with Gasteiger partial charge in [0.15, 0.2) is 0 Å². The largest absolute Gasteiger partial charge is 0.375 e. The van der Waals surface area contributed by atoms with Crippen LogP contribution < -0.4 is 0 Å². The summed E-state index contributed by atoms with van der Waals surface area (Å²) in [6.07, 6.45) is 8.20. The number of rotatable bonds is 5. The normalized spacial score (nSPS) is 25.7. The van der Waals surface area contributed by atoms with Crippen molar-refractivity contribution in [1.29, 1.82) is 0 Å². The minimum atomic E-state index is -0.0224. The second-order valence-electron chi connectivity index (χ2n) is 9.82. The van der Waals surface area contributed by atoms with Gasteiger partial charge in [0.25, 0.3) is 0 Å². The number of carbonyl (C=O) groups is 1. The van der Waals surface area contributed by atoms with Crippen molar-refractivity contribution in [3.63, 3.8) is 0 Å². The number of likely N-dealkylation sites (tertiary alicyclic amines) is 1. The third-order valence-electron chi connectivity index (χ3n) is 7.15. The van der Waals surface area contributed by atoms with Gasteiger partial charge >= 0.3 is 0 Å². The second kappa shape index (κ2) is 9.75. The van der Waals surface area contributed by atoms with Crippen LogP contribution in [0.25, 0.3) is 0 Å². The SMILES string of the molecule is CC(C)CN1CCN(C2CCOC3(CCN(C(=O)Cc4ccncc4)CC3)C2)CC1. The van der Waals surface area contributed by atoms with E-state index in [0.29, 0.717) is 12.5 Å². The third-order valence-corrected chi connectivity index (χ3v) is 7.15. The topological polar surface area (TPSA) is 48.9 Å². The Balaban J connectivity index is 1.26. The van der Waals surface area contributed by atoms with Crippen LogP contribution in [0.2, 0.25) is 0 Å². The van der Waals surface area contributed by atoms with E-state index < -0.39 is 0 Å². The number of ether oxygens (including phenoxy) is 1. The van der Waals surface area contributed by atoms with Crippen LogP contribution in [0.3, 0.4) is 0 Å². The summed E-state index contributed by atoms with van der Waals surface area (Å²) in [6.45, 7) is 13.1. The van der Waals surface area contributed by atoms with Crippen molar-refractivity contribution in [3.05, 3.63) is 30.1 Å². The Kier molecular flexibility index (Phi) is 7.06. The molecule has 1 aromatic rings. The van der Waals surface area contributed by atoms with E-state index in [4.69, 9.17) is 4.74 Å². The number of hydrogen-bond donors (Lipinski definition) is 0. The number of amides is 1. The van der Waals surface area contributed by atoms with Gasteiger partial charge in [-0.2, -0.15) is 0 Å². The van der Waals surface area contributed by atoms with Crippen LogP contribution in [0.1, 0.15) is 45.1 Å². The van der Waals surface area contributed by atoms with Gasteiger partial charge in [0, 0.05) is 70.9 Å². The Morgan fingerprint density at radius 3 is 2.50 bits per heavy atom. The monoisotopic (exact) mass is 414 g/mol. The molecule has 0 radical (unpaired) electrons. The van der Waals surface area contributed by atoms with E-state index in [9.17, 15) is 4.79 Å². The van der Waals surface area contributed by atoms with E-state index in [0.717, 1.165) is 56.9 Å². The number of aromatic nitrogens is 1. The first-order valence-corrected chi connectivity index (χ1v) is 11.8. The zero-order chi connectivity index (χ0) is 21.0. The molecule has 3 fully saturated rings. The third kappa shape index (κ3) is 5.40. The summed E-state index contributed by atoms with van der Waals surface area (Å²) in [4.78, 5) is 24.1. The summed E-state index contributed by atoms with van der Waals surface area (Å²) in [5.41, 5.74) is 1.02. The zero-order valence-electron chi connectivity index (χ0n) is 18.8. The molecular weight excluding hydrogens is 376 g/mol. The molecule has 0 aliphatic carbocycles. The van der Waals surface area contributed by atoms with Crippen LogP contribution in [0.5, 0.6) is 0 Å². The summed E-state index contributed by atoms with van der Waals surface area (Å²) in [7, 11) is 0. The smallest absolute Gasteiger partial charge is 0.226 e. The molecular formula is C24H38N4O2. The highest BCUT2D eigenvalue weighted by Crippen LogP contribution is 2.37. The lowest BCUT2D eigenvalue weighted by molar-refractivity contribution is -0.149. The Morgan fingerprint density at radius 1 is 1.13 bits per heavy atom. The van der Waals surface area contributed by atoms with E-state index in [1.807, 2.05) is 17.0 Å². The summed E-state index contributed by atoms with van der Waals surface area (Å²) >= 11 is 0. The summed E-state index contributed by atoms with van der Waals surface area (Å²) in [6, 6.07) is 4.50. The lowest BCUT2D eigenvalue weighted by Crippen LogP contribution is -2.57. The maximum absolute atomic E-state index is 12.7. The van der Waals surface area contributed by atoms with E-state index >= 15 is 0 Å². The van der Waals surface area contributed by atoms with Gasteiger partial charge < -0.3 is 14.5 Å². The Hall–Kier alpha value is -1.50. The molecule has 1 unspecified atom stereocenters. The Morgan fingerprint density at radius 2 is 1.83 bits per heavy atom. The molecule has 4 rings (SSSR count). The first kappa shape index (κ1) is 21.7. The van der Waals surface area contributed by atoms with Crippen LogP contribution in [0.15, 0.2) is 24.5 Å². The van der Waals surface area contributed by atoms with Crippen LogP contribution in [-0.4, -0.2) is 89.7 Å². The molecule has 3 aliphatic rings. The molecule has 166 valence electrons. The molecule has 0 bridgehead atoms. The van der Waals surface area contributed by atoms with Crippen LogP contribution in [0, 0.1) is 5.92 Å². The van der Waals surface area contributed by atoms with E-state index in [1.54, 1.807) is 12.4 Å². The molecule has 6 nitrogen and oxygen atoms in total. The van der Waals surface area contributed by atoms with Gasteiger partial charge in [0.05, 0.1) is 12.0 Å². The Bertz CT molecular complexity index is 680. The highest BCUT2D eigenvalue weighted by Gasteiger charge is 2.42. The molecule has 1 aromatic heterocycles. The van der Waals surface area contributed by atoms with Crippen molar-refractivity contribution in [2.24, 2.45) is 5.92 Å². The number of nitrogens with zero attached hydrogens (tertiary/aromatic N) is 4. The van der Waals surface area contributed by atoms with E-state index in [-0.39, 0.29) is 11.5 Å². The highest BCUT2D eigenvalue weighted by molar-refractivity contribution is 5.78. The lowest BCUT2D eigenvalue weighted by atomic mass is 9.81. The van der Waals surface area contributed by atoms with Crippen molar-refractivity contribution in [1.82, 2.24) is 19.7 Å². The number of hydrogen-bond acceptors (Lipinski definition) is 5. The quantitative estimate of drug-likeness (QED) is 0.741. The molecule has 30 heavy (non-hydrogen) atoms. The first-order chi connectivity index (χ1) is 14.5. The van der Waals surface area contributed by atoms with Crippen molar-refractivity contribution in [3.8, 4) is 0 Å². The maximum atomic E-state index is 12.7. The summed E-state index contributed by atoms with van der Waals surface area (Å²) in [5.74, 6) is 0.971. The van der Waals surface area contributed by atoms with Crippen molar-refractivity contribution < 1.29 is 9.53 Å². The van der Waals surface area contributed by atoms with E-state index in [2.05, 4.69) is 28.6 Å². The molecule has 1 spiro atoms.